The highest BCUT2D eigenvalue weighted by Crippen LogP contribution is 2.22. The minimum atomic E-state index is 0.587. The van der Waals surface area contributed by atoms with Crippen molar-refractivity contribution in [3.8, 4) is 0 Å². The molecule has 1 unspecified atom stereocenters. The average Bonchev–Trinajstić information content (AvgIpc) is 3.01. The van der Waals surface area contributed by atoms with Gasteiger partial charge in [0.1, 0.15) is 5.52 Å². The number of rotatable bonds is 4. The van der Waals surface area contributed by atoms with Crippen LogP contribution in [0.2, 0.25) is 0 Å². The molecule has 1 aliphatic heterocycles. The summed E-state index contributed by atoms with van der Waals surface area (Å²) in [6.07, 6.45) is 2.53. The van der Waals surface area contributed by atoms with Gasteiger partial charge in [-0.2, -0.15) is 4.98 Å². The second-order valence-corrected chi connectivity index (χ2v) is 5.05. The Morgan fingerprint density at radius 3 is 3.26 bits per heavy atom. The number of aromatic nitrogens is 1. The van der Waals surface area contributed by atoms with Crippen molar-refractivity contribution in [3.05, 3.63) is 18.2 Å². The first-order chi connectivity index (χ1) is 9.26. The van der Waals surface area contributed by atoms with Crippen LogP contribution in [0.3, 0.4) is 0 Å². The van der Waals surface area contributed by atoms with Crippen LogP contribution in [-0.4, -0.2) is 35.6 Å². The number of hydrogen-bond acceptors (Lipinski definition) is 5. The maximum Gasteiger partial charge on any atom is 0.295 e. The summed E-state index contributed by atoms with van der Waals surface area (Å²) in [4.78, 5) is 6.91. The monoisotopic (exact) mass is 260 g/mol. The number of oxazole rings is 1. The van der Waals surface area contributed by atoms with E-state index in [-0.39, 0.29) is 0 Å². The molecule has 19 heavy (non-hydrogen) atoms. The van der Waals surface area contributed by atoms with Crippen LogP contribution in [0.15, 0.2) is 22.6 Å². The molecular formula is C14H20N4O. The largest absolute Gasteiger partial charge is 0.423 e. The number of nitrogen functional groups attached to an aromatic ring is 1. The molecule has 1 aromatic heterocycles. The lowest BCUT2D eigenvalue weighted by molar-refractivity contribution is 0.276. The number of likely N-dealkylation sites (N-methyl/N-ethyl adjacent to an activating group) is 1. The van der Waals surface area contributed by atoms with E-state index in [9.17, 15) is 0 Å². The van der Waals surface area contributed by atoms with Crippen LogP contribution >= 0.6 is 0 Å². The maximum absolute atomic E-state index is 5.73. The summed E-state index contributed by atoms with van der Waals surface area (Å²) >= 11 is 0. The summed E-state index contributed by atoms with van der Waals surface area (Å²) in [6, 6.07) is 6.70. The lowest BCUT2D eigenvalue weighted by Gasteiger charge is -2.22. The van der Waals surface area contributed by atoms with Crippen LogP contribution in [0.5, 0.6) is 0 Å². The number of nitrogens with one attached hydrogen (secondary N) is 1. The van der Waals surface area contributed by atoms with Crippen molar-refractivity contribution in [1.82, 2.24) is 9.88 Å². The van der Waals surface area contributed by atoms with Gasteiger partial charge in [-0.05, 0) is 38.1 Å². The van der Waals surface area contributed by atoms with E-state index in [0.29, 0.717) is 17.7 Å². The van der Waals surface area contributed by atoms with E-state index in [0.717, 1.165) is 24.2 Å². The lowest BCUT2D eigenvalue weighted by Crippen LogP contribution is -2.34. The number of anilines is 2. The second kappa shape index (κ2) is 5.09. The summed E-state index contributed by atoms with van der Waals surface area (Å²) in [6.45, 7) is 5.40. The molecule has 3 rings (SSSR count). The predicted octanol–water partition coefficient (Wildman–Crippen LogP) is 2.31. The molecule has 1 atom stereocenters. The molecule has 0 saturated carbocycles. The number of nitrogens with two attached hydrogens (primary N) is 1. The third kappa shape index (κ3) is 2.51. The molecule has 102 valence electrons. The highest BCUT2D eigenvalue weighted by molar-refractivity contribution is 5.78. The van der Waals surface area contributed by atoms with E-state index in [1.54, 1.807) is 6.07 Å². The predicted molar refractivity (Wildman–Crippen MR) is 77.2 cm³/mol. The van der Waals surface area contributed by atoms with E-state index in [4.69, 9.17) is 10.2 Å². The zero-order chi connectivity index (χ0) is 13.2. The van der Waals surface area contributed by atoms with Crippen LogP contribution in [0.25, 0.3) is 11.1 Å². The van der Waals surface area contributed by atoms with Gasteiger partial charge >= 0.3 is 0 Å². The Morgan fingerprint density at radius 2 is 2.42 bits per heavy atom. The number of fused-ring (bicyclic) bond motifs is 1. The molecule has 5 heteroatoms. The van der Waals surface area contributed by atoms with Crippen LogP contribution in [-0.2, 0) is 0 Å². The molecule has 0 amide bonds. The number of benzene rings is 1. The summed E-state index contributed by atoms with van der Waals surface area (Å²) in [5, 5.41) is 3.30. The molecule has 1 saturated heterocycles. The Hall–Kier alpha value is -1.75. The standard InChI is InChI=1S/C14H20N4O/c1-2-18-7-3-4-11(18)9-16-14-17-12-6-5-10(15)8-13(12)19-14/h5-6,8,11H,2-4,7,9,15H2,1H3,(H,16,17). The van der Waals surface area contributed by atoms with Crippen LogP contribution < -0.4 is 11.1 Å². The first kappa shape index (κ1) is 12.3. The number of likely N-dealkylation sites (tertiary alicyclic amines) is 1. The average molecular weight is 260 g/mol. The van der Waals surface area contributed by atoms with Crippen molar-refractivity contribution in [2.24, 2.45) is 0 Å². The summed E-state index contributed by atoms with van der Waals surface area (Å²) in [5.41, 5.74) is 8.01. The van der Waals surface area contributed by atoms with Crippen LogP contribution in [0.1, 0.15) is 19.8 Å². The van der Waals surface area contributed by atoms with Crippen LogP contribution in [0, 0.1) is 0 Å². The fourth-order valence-corrected chi connectivity index (χ4v) is 2.76. The highest BCUT2D eigenvalue weighted by Gasteiger charge is 2.22. The molecule has 0 bridgehead atoms. The van der Waals surface area contributed by atoms with Crippen molar-refractivity contribution in [3.63, 3.8) is 0 Å². The first-order valence-corrected chi connectivity index (χ1v) is 6.90. The normalized spacial score (nSPS) is 20.2. The van der Waals surface area contributed by atoms with E-state index in [1.807, 2.05) is 12.1 Å². The van der Waals surface area contributed by atoms with Crippen molar-refractivity contribution in [2.75, 3.05) is 30.7 Å². The second-order valence-electron chi connectivity index (χ2n) is 5.05. The third-order valence-corrected chi connectivity index (χ3v) is 3.81. The molecular weight excluding hydrogens is 240 g/mol. The fraction of sp³-hybridized carbons (Fsp3) is 0.500. The molecule has 0 spiro atoms. The van der Waals surface area contributed by atoms with Gasteiger partial charge < -0.3 is 15.5 Å². The molecule has 2 aromatic rings. The number of hydrogen-bond donors (Lipinski definition) is 2. The molecule has 0 aliphatic carbocycles. The summed E-state index contributed by atoms with van der Waals surface area (Å²) < 4.78 is 5.66. The maximum atomic E-state index is 5.73. The van der Waals surface area contributed by atoms with E-state index < -0.39 is 0 Å². The van der Waals surface area contributed by atoms with Gasteiger partial charge in [-0.25, -0.2) is 0 Å². The molecule has 1 aromatic carbocycles. The van der Waals surface area contributed by atoms with Gasteiger partial charge in [-0.3, -0.25) is 4.90 Å². The van der Waals surface area contributed by atoms with E-state index in [1.165, 1.54) is 19.4 Å². The molecule has 0 radical (unpaired) electrons. The Balaban J connectivity index is 1.68. The van der Waals surface area contributed by atoms with Crippen LogP contribution in [0.4, 0.5) is 11.7 Å². The SMILES string of the molecule is CCN1CCCC1CNc1nc2ccc(N)cc2o1. The molecule has 1 aliphatic rings. The molecule has 5 nitrogen and oxygen atoms in total. The Bertz CT molecular complexity index is 566. The summed E-state index contributed by atoms with van der Waals surface area (Å²) in [5.74, 6) is 0. The zero-order valence-electron chi connectivity index (χ0n) is 11.2. The fourth-order valence-electron chi connectivity index (χ4n) is 2.76. The minimum Gasteiger partial charge on any atom is -0.423 e. The van der Waals surface area contributed by atoms with Gasteiger partial charge in [0.15, 0.2) is 5.58 Å². The molecule has 2 heterocycles. The van der Waals surface area contributed by atoms with Gasteiger partial charge in [0, 0.05) is 24.3 Å². The zero-order valence-corrected chi connectivity index (χ0v) is 11.2. The van der Waals surface area contributed by atoms with Crippen molar-refractivity contribution < 1.29 is 4.42 Å². The third-order valence-electron chi connectivity index (χ3n) is 3.81. The van der Waals surface area contributed by atoms with Gasteiger partial charge in [-0.15, -0.1) is 0 Å². The van der Waals surface area contributed by atoms with Crippen molar-refractivity contribution >= 4 is 22.8 Å². The lowest BCUT2D eigenvalue weighted by atomic mass is 10.2. The minimum absolute atomic E-state index is 0.587. The topological polar surface area (TPSA) is 67.3 Å². The highest BCUT2D eigenvalue weighted by atomic mass is 16.4. The van der Waals surface area contributed by atoms with Gasteiger partial charge in [0.05, 0.1) is 0 Å². The Kier molecular flexibility index (Phi) is 3.29. The number of nitrogens with zero attached hydrogens (tertiary/aromatic N) is 2. The van der Waals surface area contributed by atoms with Crippen molar-refractivity contribution in [1.29, 1.82) is 0 Å². The van der Waals surface area contributed by atoms with Gasteiger partial charge in [-0.1, -0.05) is 6.92 Å². The Labute approximate surface area is 112 Å². The molecule has 3 N–H and O–H groups in total. The Morgan fingerprint density at radius 1 is 1.53 bits per heavy atom. The van der Waals surface area contributed by atoms with Gasteiger partial charge in [0.25, 0.3) is 6.01 Å². The van der Waals surface area contributed by atoms with E-state index in [2.05, 4.69) is 22.1 Å². The first-order valence-electron chi connectivity index (χ1n) is 6.90. The smallest absolute Gasteiger partial charge is 0.295 e. The van der Waals surface area contributed by atoms with Gasteiger partial charge in [0.2, 0.25) is 0 Å². The van der Waals surface area contributed by atoms with Crippen molar-refractivity contribution in [2.45, 2.75) is 25.8 Å². The quantitative estimate of drug-likeness (QED) is 0.826. The van der Waals surface area contributed by atoms with E-state index >= 15 is 0 Å². The molecule has 1 fully saturated rings. The summed E-state index contributed by atoms with van der Waals surface area (Å²) in [7, 11) is 0.